The molecule has 0 spiro atoms. The third kappa shape index (κ3) is 3.32. The predicted molar refractivity (Wildman–Crippen MR) is 128 cm³/mol. The van der Waals surface area contributed by atoms with Crippen LogP contribution in [0, 0.1) is 0 Å². The highest BCUT2D eigenvalue weighted by Gasteiger charge is 2.22. The van der Waals surface area contributed by atoms with Crippen LogP contribution in [0.25, 0.3) is 32.8 Å². The SMILES string of the molecule is CC(=O)Nc1ccccc1N(C(C)=O)c1cc2nc3ccccc3nc2c2ccccc12. The fraction of sp³-hybridized carbons (Fsp3) is 0.0769. The Morgan fingerprint density at radius 2 is 1.34 bits per heavy atom. The van der Waals surface area contributed by atoms with Crippen LogP contribution < -0.4 is 10.2 Å². The average Bonchev–Trinajstić information content (AvgIpc) is 2.79. The monoisotopic (exact) mass is 420 g/mol. The molecule has 5 rings (SSSR count). The molecular weight excluding hydrogens is 400 g/mol. The van der Waals surface area contributed by atoms with Gasteiger partial charge in [0, 0.05) is 24.6 Å². The van der Waals surface area contributed by atoms with Crippen LogP contribution in [-0.4, -0.2) is 21.8 Å². The van der Waals surface area contributed by atoms with Crippen molar-refractivity contribution >= 4 is 61.7 Å². The highest BCUT2D eigenvalue weighted by molar-refractivity contribution is 6.17. The Balaban J connectivity index is 1.84. The van der Waals surface area contributed by atoms with E-state index in [0.717, 1.165) is 27.3 Å². The van der Waals surface area contributed by atoms with Crippen LogP contribution in [0.2, 0.25) is 0 Å². The zero-order valence-corrected chi connectivity index (χ0v) is 17.7. The molecule has 0 aliphatic heterocycles. The highest BCUT2D eigenvalue weighted by atomic mass is 16.2. The molecule has 6 heteroatoms. The maximum atomic E-state index is 13.0. The molecule has 156 valence electrons. The first-order valence-corrected chi connectivity index (χ1v) is 10.3. The summed E-state index contributed by atoms with van der Waals surface area (Å²) in [6.07, 6.45) is 0. The van der Waals surface area contributed by atoms with Gasteiger partial charge in [0.15, 0.2) is 0 Å². The van der Waals surface area contributed by atoms with Crippen molar-refractivity contribution in [3.63, 3.8) is 0 Å². The lowest BCUT2D eigenvalue weighted by molar-refractivity contribution is -0.116. The van der Waals surface area contributed by atoms with Crippen LogP contribution in [0.5, 0.6) is 0 Å². The van der Waals surface area contributed by atoms with Gasteiger partial charge >= 0.3 is 0 Å². The van der Waals surface area contributed by atoms with Crippen molar-refractivity contribution in [3.05, 3.63) is 78.9 Å². The summed E-state index contributed by atoms with van der Waals surface area (Å²) in [4.78, 5) is 36.0. The molecule has 5 aromatic rings. The Bertz CT molecular complexity index is 1530. The van der Waals surface area contributed by atoms with Gasteiger partial charge in [0.1, 0.15) is 0 Å². The minimum atomic E-state index is -0.207. The Morgan fingerprint density at radius 3 is 2.06 bits per heavy atom. The van der Waals surface area contributed by atoms with Crippen LogP contribution in [0.3, 0.4) is 0 Å². The second kappa shape index (κ2) is 7.74. The number of rotatable bonds is 3. The van der Waals surface area contributed by atoms with Crippen molar-refractivity contribution in [2.75, 3.05) is 10.2 Å². The number of nitrogens with zero attached hydrogens (tertiary/aromatic N) is 3. The number of fused-ring (bicyclic) bond motifs is 4. The number of nitrogens with one attached hydrogen (secondary N) is 1. The fourth-order valence-electron chi connectivity index (χ4n) is 4.05. The number of carbonyl (C=O) groups excluding carboxylic acids is 2. The molecule has 0 saturated heterocycles. The van der Waals surface area contributed by atoms with Crippen LogP contribution >= 0.6 is 0 Å². The molecule has 0 radical (unpaired) electrons. The van der Waals surface area contributed by atoms with Gasteiger partial charge in [0.25, 0.3) is 0 Å². The van der Waals surface area contributed by atoms with Crippen molar-refractivity contribution in [2.45, 2.75) is 13.8 Å². The van der Waals surface area contributed by atoms with Gasteiger partial charge in [-0.3, -0.25) is 14.5 Å². The summed E-state index contributed by atoms with van der Waals surface area (Å²) in [5, 5.41) is 4.60. The van der Waals surface area contributed by atoms with Crippen LogP contribution in [0.4, 0.5) is 17.1 Å². The second-order valence-corrected chi connectivity index (χ2v) is 7.57. The first-order valence-electron chi connectivity index (χ1n) is 10.3. The molecule has 4 aromatic carbocycles. The summed E-state index contributed by atoms with van der Waals surface area (Å²) >= 11 is 0. The lowest BCUT2D eigenvalue weighted by Crippen LogP contribution is -2.24. The van der Waals surface area contributed by atoms with E-state index in [1.54, 1.807) is 11.0 Å². The van der Waals surface area contributed by atoms with Gasteiger partial charge in [-0.05, 0) is 30.3 Å². The Labute approximate surface area is 184 Å². The smallest absolute Gasteiger partial charge is 0.228 e. The van der Waals surface area contributed by atoms with Crippen LogP contribution in [0.15, 0.2) is 78.9 Å². The first-order chi connectivity index (χ1) is 15.5. The Kier molecular flexibility index (Phi) is 4.75. The molecule has 6 nitrogen and oxygen atoms in total. The maximum Gasteiger partial charge on any atom is 0.228 e. The second-order valence-electron chi connectivity index (χ2n) is 7.57. The normalized spacial score (nSPS) is 11.1. The number of aromatic nitrogens is 2. The molecule has 1 aromatic heterocycles. The molecule has 32 heavy (non-hydrogen) atoms. The van der Waals surface area contributed by atoms with Crippen LogP contribution in [-0.2, 0) is 9.59 Å². The summed E-state index contributed by atoms with van der Waals surface area (Å²) in [6, 6.07) is 24.7. The molecule has 0 saturated carbocycles. The van der Waals surface area contributed by atoms with Crippen LogP contribution in [0.1, 0.15) is 13.8 Å². The van der Waals surface area contributed by atoms with E-state index in [1.807, 2.05) is 72.8 Å². The first kappa shape index (κ1) is 19.6. The minimum Gasteiger partial charge on any atom is -0.325 e. The van der Waals surface area contributed by atoms with E-state index in [4.69, 9.17) is 9.97 Å². The Hall–Kier alpha value is -4.32. The van der Waals surface area contributed by atoms with E-state index in [0.29, 0.717) is 22.6 Å². The average molecular weight is 420 g/mol. The van der Waals surface area contributed by atoms with Crippen molar-refractivity contribution in [2.24, 2.45) is 0 Å². The zero-order valence-electron chi connectivity index (χ0n) is 17.7. The summed E-state index contributed by atoms with van der Waals surface area (Å²) < 4.78 is 0. The van der Waals surface area contributed by atoms with E-state index in [1.165, 1.54) is 13.8 Å². The number of hydrogen-bond acceptors (Lipinski definition) is 4. The van der Waals surface area contributed by atoms with Gasteiger partial charge in [-0.25, -0.2) is 9.97 Å². The van der Waals surface area contributed by atoms with E-state index in [2.05, 4.69) is 5.32 Å². The lowest BCUT2D eigenvalue weighted by atomic mass is 10.0. The molecule has 0 bridgehead atoms. The molecule has 0 aliphatic carbocycles. The maximum absolute atomic E-state index is 13.0. The van der Waals surface area contributed by atoms with Gasteiger partial charge in [-0.2, -0.15) is 0 Å². The number of carbonyl (C=O) groups is 2. The highest BCUT2D eigenvalue weighted by Crippen LogP contribution is 2.39. The molecule has 0 fully saturated rings. The summed E-state index contributed by atoms with van der Waals surface area (Å²) in [5.41, 5.74) is 4.91. The van der Waals surface area contributed by atoms with Gasteiger partial charge < -0.3 is 5.32 Å². The third-order valence-electron chi connectivity index (χ3n) is 5.34. The number of anilines is 3. The van der Waals surface area contributed by atoms with Crippen molar-refractivity contribution < 1.29 is 9.59 Å². The standard InChI is InChI=1S/C26H20N4O2/c1-16(31)27-22-13-7-8-14-24(22)30(17(2)32)25-15-23-26(19-10-4-3-9-18(19)25)29-21-12-6-5-11-20(21)28-23/h3-15H,1-2H3,(H,27,31). The van der Waals surface area contributed by atoms with E-state index in [-0.39, 0.29) is 11.8 Å². The fourth-order valence-corrected chi connectivity index (χ4v) is 4.05. The predicted octanol–water partition coefficient (Wildman–Crippen LogP) is 5.58. The quantitative estimate of drug-likeness (QED) is 0.305. The number of para-hydroxylation sites is 4. The summed E-state index contributed by atoms with van der Waals surface area (Å²) in [6.45, 7) is 2.95. The van der Waals surface area contributed by atoms with Gasteiger partial charge in [0.2, 0.25) is 11.8 Å². The van der Waals surface area contributed by atoms with Gasteiger partial charge in [-0.1, -0.05) is 48.5 Å². The minimum absolute atomic E-state index is 0.180. The number of amides is 2. The molecule has 1 N–H and O–H groups in total. The molecular formula is C26H20N4O2. The van der Waals surface area contributed by atoms with Crippen molar-refractivity contribution in [3.8, 4) is 0 Å². The zero-order chi connectivity index (χ0) is 22.2. The van der Waals surface area contributed by atoms with Crippen molar-refractivity contribution in [1.29, 1.82) is 0 Å². The van der Waals surface area contributed by atoms with E-state index >= 15 is 0 Å². The largest absolute Gasteiger partial charge is 0.325 e. The molecule has 0 unspecified atom stereocenters. The third-order valence-corrected chi connectivity index (χ3v) is 5.34. The summed E-state index contributed by atoms with van der Waals surface area (Å²) in [7, 11) is 0. The van der Waals surface area contributed by atoms with Gasteiger partial charge in [0.05, 0.1) is 39.1 Å². The molecule has 2 amide bonds. The molecule has 1 heterocycles. The number of hydrogen-bond donors (Lipinski definition) is 1. The molecule has 0 aliphatic rings. The number of benzene rings is 4. The van der Waals surface area contributed by atoms with Crippen molar-refractivity contribution in [1.82, 2.24) is 9.97 Å². The van der Waals surface area contributed by atoms with E-state index < -0.39 is 0 Å². The lowest BCUT2D eigenvalue weighted by Gasteiger charge is -2.26. The topological polar surface area (TPSA) is 75.2 Å². The molecule has 0 atom stereocenters. The summed E-state index contributed by atoms with van der Waals surface area (Å²) in [5.74, 6) is -0.386. The Morgan fingerprint density at radius 1 is 0.719 bits per heavy atom. The van der Waals surface area contributed by atoms with E-state index in [9.17, 15) is 9.59 Å². The van der Waals surface area contributed by atoms with Gasteiger partial charge in [-0.15, -0.1) is 0 Å².